The first-order chi connectivity index (χ1) is 9.77. The summed E-state index contributed by atoms with van der Waals surface area (Å²) < 4.78 is 0. The van der Waals surface area contributed by atoms with E-state index >= 15 is 0 Å². The second kappa shape index (κ2) is 7.41. The summed E-state index contributed by atoms with van der Waals surface area (Å²) in [5.41, 5.74) is 6.65. The van der Waals surface area contributed by atoms with Gasteiger partial charge in [0.15, 0.2) is 0 Å². The lowest BCUT2D eigenvalue weighted by Crippen LogP contribution is -2.38. The number of nitrogens with zero attached hydrogens (tertiary/aromatic N) is 2. The van der Waals surface area contributed by atoms with Crippen LogP contribution in [0, 0.1) is 5.41 Å². The number of carbonyl (C=O) groups is 1. The zero-order valence-electron chi connectivity index (χ0n) is 13.8. The van der Waals surface area contributed by atoms with Crippen LogP contribution in [0.1, 0.15) is 41.0 Å². The molecule has 0 saturated heterocycles. The van der Waals surface area contributed by atoms with Crippen molar-refractivity contribution < 1.29 is 4.79 Å². The highest BCUT2D eigenvalue weighted by Gasteiger charge is 2.23. The summed E-state index contributed by atoms with van der Waals surface area (Å²) >= 11 is 0. The molecule has 0 aliphatic rings. The third-order valence-corrected chi connectivity index (χ3v) is 3.64. The molecule has 0 fully saturated rings. The highest BCUT2D eigenvalue weighted by atomic mass is 16.1. The number of pyridine rings is 1. The minimum atomic E-state index is -0.166. The van der Waals surface area contributed by atoms with Gasteiger partial charge in [0.25, 0.3) is 0 Å². The zero-order chi connectivity index (χ0) is 16.0. The number of hydrogen-bond acceptors (Lipinski definition) is 4. The number of hydrogen-bond donors (Lipinski definition) is 2. The molecule has 1 amide bonds. The maximum absolute atomic E-state index is 12.0. The van der Waals surface area contributed by atoms with Gasteiger partial charge >= 0.3 is 0 Å². The highest BCUT2D eigenvalue weighted by molar-refractivity contribution is 5.91. The van der Waals surface area contributed by atoms with E-state index in [0.717, 1.165) is 18.9 Å². The molecule has 1 aromatic heterocycles. The Balaban J connectivity index is 2.62. The van der Waals surface area contributed by atoms with Crippen molar-refractivity contribution in [3.8, 4) is 0 Å². The molecular formula is C16H28N4O. The molecule has 0 spiro atoms. The molecule has 21 heavy (non-hydrogen) atoms. The number of nitrogens with one attached hydrogen (secondary N) is 1. The standard InChI is InChI=1S/C16H28N4O/c1-6-20(7-2)14-9-8-12(11-18-14)19-15(21)10-13(17)16(3,4)5/h8-9,11,13H,6-7,10,17H2,1-5H3,(H,19,21). The van der Waals surface area contributed by atoms with E-state index in [9.17, 15) is 4.79 Å². The maximum Gasteiger partial charge on any atom is 0.225 e. The number of aromatic nitrogens is 1. The van der Waals surface area contributed by atoms with Gasteiger partial charge in [-0.25, -0.2) is 4.98 Å². The predicted molar refractivity (Wildman–Crippen MR) is 88.5 cm³/mol. The van der Waals surface area contributed by atoms with Crippen molar-refractivity contribution in [3.05, 3.63) is 18.3 Å². The third kappa shape index (κ3) is 5.34. The molecule has 5 heteroatoms. The van der Waals surface area contributed by atoms with E-state index in [-0.39, 0.29) is 17.4 Å². The monoisotopic (exact) mass is 292 g/mol. The molecule has 0 radical (unpaired) electrons. The average Bonchev–Trinajstić information content (AvgIpc) is 2.40. The molecule has 3 N–H and O–H groups in total. The van der Waals surface area contributed by atoms with Gasteiger partial charge in [-0.2, -0.15) is 0 Å². The first-order valence-corrected chi connectivity index (χ1v) is 7.54. The molecular weight excluding hydrogens is 264 g/mol. The summed E-state index contributed by atoms with van der Waals surface area (Å²) in [5, 5.41) is 2.85. The Morgan fingerprint density at radius 3 is 2.38 bits per heavy atom. The van der Waals surface area contributed by atoms with Crippen LogP contribution in [0.4, 0.5) is 11.5 Å². The molecule has 118 valence electrons. The van der Waals surface area contributed by atoms with Crippen LogP contribution in [0.15, 0.2) is 18.3 Å². The van der Waals surface area contributed by atoms with Crippen molar-refractivity contribution in [3.63, 3.8) is 0 Å². The highest BCUT2D eigenvalue weighted by Crippen LogP contribution is 2.20. The number of anilines is 2. The van der Waals surface area contributed by atoms with Crippen molar-refractivity contribution in [2.24, 2.45) is 11.1 Å². The molecule has 1 unspecified atom stereocenters. The van der Waals surface area contributed by atoms with E-state index in [1.54, 1.807) is 6.20 Å². The maximum atomic E-state index is 12.0. The summed E-state index contributed by atoms with van der Waals surface area (Å²) in [6, 6.07) is 3.63. The van der Waals surface area contributed by atoms with Crippen molar-refractivity contribution >= 4 is 17.4 Å². The van der Waals surface area contributed by atoms with Gasteiger partial charge in [0.2, 0.25) is 5.91 Å². The van der Waals surface area contributed by atoms with Crippen LogP contribution < -0.4 is 16.0 Å². The minimum Gasteiger partial charge on any atom is -0.357 e. The van der Waals surface area contributed by atoms with E-state index in [2.05, 4.69) is 29.0 Å². The lowest BCUT2D eigenvalue weighted by atomic mass is 9.85. The van der Waals surface area contributed by atoms with Crippen LogP contribution in [0.5, 0.6) is 0 Å². The summed E-state index contributed by atoms with van der Waals surface area (Å²) in [6.07, 6.45) is 2.00. The molecule has 0 aromatic carbocycles. The largest absolute Gasteiger partial charge is 0.357 e. The minimum absolute atomic E-state index is 0.0742. The topological polar surface area (TPSA) is 71.2 Å². The third-order valence-electron chi connectivity index (χ3n) is 3.64. The fourth-order valence-electron chi connectivity index (χ4n) is 1.91. The molecule has 1 heterocycles. The second-order valence-electron chi connectivity index (χ2n) is 6.30. The molecule has 0 aliphatic heterocycles. The van der Waals surface area contributed by atoms with Crippen LogP contribution >= 0.6 is 0 Å². The van der Waals surface area contributed by atoms with Crippen LogP contribution in [-0.2, 0) is 4.79 Å². The van der Waals surface area contributed by atoms with Crippen LogP contribution in [0.25, 0.3) is 0 Å². The molecule has 1 rings (SSSR count). The average molecular weight is 292 g/mol. The number of nitrogens with two attached hydrogens (primary N) is 1. The number of carbonyl (C=O) groups excluding carboxylic acids is 1. The molecule has 0 aliphatic carbocycles. The van der Waals surface area contributed by atoms with E-state index in [4.69, 9.17) is 5.73 Å². The van der Waals surface area contributed by atoms with Crippen molar-refractivity contribution in [1.82, 2.24) is 4.98 Å². The molecule has 0 bridgehead atoms. The van der Waals surface area contributed by atoms with Crippen molar-refractivity contribution in [1.29, 1.82) is 0 Å². The Kier molecular flexibility index (Phi) is 6.15. The fraction of sp³-hybridized carbons (Fsp3) is 0.625. The molecule has 0 saturated carbocycles. The zero-order valence-corrected chi connectivity index (χ0v) is 13.8. The van der Waals surface area contributed by atoms with E-state index in [1.165, 1.54) is 0 Å². The Morgan fingerprint density at radius 1 is 1.33 bits per heavy atom. The summed E-state index contributed by atoms with van der Waals surface area (Å²) in [5.74, 6) is 0.846. The SMILES string of the molecule is CCN(CC)c1ccc(NC(=O)CC(N)C(C)(C)C)cn1. The Morgan fingerprint density at radius 2 is 1.95 bits per heavy atom. The number of amides is 1. The predicted octanol–water partition coefficient (Wildman–Crippen LogP) is 2.63. The van der Waals surface area contributed by atoms with Crippen molar-refractivity contribution in [2.75, 3.05) is 23.3 Å². The Labute approximate surface area is 127 Å². The molecule has 1 aromatic rings. The quantitative estimate of drug-likeness (QED) is 0.845. The van der Waals surface area contributed by atoms with Gasteiger partial charge in [0.05, 0.1) is 11.9 Å². The lowest BCUT2D eigenvalue weighted by molar-refractivity contribution is -0.117. The first kappa shape index (κ1) is 17.4. The normalized spacial score (nSPS) is 12.9. The van der Waals surface area contributed by atoms with Crippen LogP contribution in [0.3, 0.4) is 0 Å². The van der Waals surface area contributed by atoms with Gasteiger partial charge in [-0.15, -0.1) is 0 Å². The Bertz CT molecular complexity index is 446. The molecule has 5 nitrogen and oxygen atoms in total. The van der Waals surface area contributed by atoms with Gasteiger partial charge in [-0.3, -0.25) is 4.79 Å². The van der Waals surface area contributed by atoms with Gasteiger partial charge in [0, 0.05) is 25.6 Å². The summed E-state index contributed by atoms with van der Waals surface area (Å²) in [4.78, 5) is 18.5. The van der Waals surface area contributed by atoms with E-state index < -0.39 is 0 Å². The smallest absolute Gasteiger partial charge is 0.225 e. The van der Waals surface area contributed by atoms with Gasteiger partial charge in [0.1, 0.15) is 5.82 Å². The first-order valence-electron chi connectivity index (χ1n) is 7.54. The second-order valence-corrected chi connectivity index (χ2v) is 6.30. The van der Waals surface area contributed by atoms with E-state index in [0.29, 0.717) is 12.1 Å². The summed E-state index contributed by atoms with van der Waals surface area (Å²) in [7, 11) is 0. The molecule has 1 atom stereocenters. The lowest BCUT2D eigenvalue weighted by Gasteiger charge is -2.26. The van der Waals surface area contributed by atoms with Gasteiger partial charge in [-0.1, -0.05) is 20.8 Å². The fourth-order valence-corrected chi connectivity index (χ4v) is 1.91. The van der Waals surface area contributed by atoms with Gasteiger partial charge < -0.3 is 16.0 Å². The Hall–Kier alpha value is -1.62. The van der Waals surface area contributed by atoms with Crippen LogP contribution in [-0.4, -0.2) is 30.0 Å². The van der Waals surface area contributed by atoms with Gasteiger partial charge in [-0.05, 0) is 31.4 Å². The van der Waals surface area contributed by atoms with E-state index in [1.807, 2.05) is 32.9 Å². The number of rotatable bonds is 6. The van der Waals surface area contributed by atoms with Crippen LogP contribution in [0.2, 0.25) is 0 Å². The van der Waals surface area contributed by atoms with Crippen molar-refractivity contribution in [2.45, 2.75) is 47.1 Å². The summed E-state index contributed by atoms with van der Waals surface area (Å²) in [6.45, 7) is 12.1.